The van der Waals surface area contributed by atoms with E-state index in [0.717, 1.165) is 23.5 Å². The Kier molecular flexibility index (Phi) is 4.20. The number of thiophene rings is 1. The largest absolute Gasteiger partial charge is 0.361 e. The predicted octanol–water partition coefficient (Wildman–Crippen LogP) is 4.24. The number of hydrogen-bond donors (Lipinski definition) is 0. The van der Waals surface area contributed by atoms with Crippen LogP contribution in [0.25, 0.3) is 0 Å². The highest BCUT2D eigenvalue weighted by Crippen LogP contribution is 2.30. The van der Waals surface area contributed by atoms with Gasteiger partial charge in [0.1, 0.15) is 5.76 Å². The zero-order chi connectivity index (χ0) is 13.9. The molecule has 19 heavy (non-hydrogen) atoms. The van der Waals surface area contributed by atoms with Crippen LogP contribution in [0.1, 0.15) is 53.9 Å². The molecule has 2 aromatic rings. The number of nitrogens with zero attached hydrogens (tertiary/aromatic N) is 1. The van der Waals surface area contributed by atoms with Crippen LogP contribution in [0.5, 0.6) is 0 Å². The molecule has 0 saturated carbocycles. The van der Waals surface area contributed by atoms with Crippen LogP contribution in [-0.4, -0.2) is 10.9 Å². The lowest BCUT2D eigenvalue weighted by atomic mass is 9.95. The van der Waals surface area contributed by atoms with Gasteiger partial charge in [-0.25, -0.2) is 0 Å². The van der Waals surface area contributed by atoms with Gasteiger partial charge in [-0.2, -0.15) is 0 Å². The molecule has 0 radical (unpaired) electrons. The molecule has 0 aliphatic rings. The maximum Gasteiger partial charge on any atom is 0.172 e. The van der Waals surface area contributed by atoms with E-state index in [4.69, 9.17) is 4.52 Å². The highest BCUT2D eigenvalue weighted by atomic mass is 32.1. The monoisotopic (exact) mass is 277 g/mol. The highest BCUT2D eigenvalue weighted by molar-refractivity contribution is 7.14. The average Bonchev–Trinajstić information content (AvgIpc) is 2.99. The number of rotatable bonds is 5. The van der Waals surface area contributed by atoms with E-state index in [1.807, 2.05) is 12.1 Å². The van der Waals surface area contributed by atoms with Gasteiger partial charge in [-0.15, -0.1) is 11.3 Å². The maximum atomic E-state index is 12.1. The fraction of sp³-hybridized carbons (Fsp3) is 0.467. The molecule has 2 rings (SSSR count). The van der Waals surface area contributed by atoms with Crippen molar-refractivity contribution in [3.05, 3.63) is 39.9 Å². The number of aromatic nitrogens is 1. The summed E-state index contributed by atoms with van der Waals surface area (Å²) in [6.45, 7) is 6.49. The third kappa shape index (κ3) is 3.77. The molecular formula is C15H19NO2S. The summed E-state index contributed by atoms with van der Waals surface area (Å²) in [5.41, 5.74) is 0.114. The Morgan fingerprint density at radius 1 is 1.32 bits per heavy atom. The smallest absolute Gasteiger partial charge is 0.172 e. The van der Waals surface area contributed by atoms with Crippen molar-refractivity contribution in [2.45, 2.75) is 45.4 Å². The normalized spacial score (nSPS) is 11.7. The molecule has 102 valence electrons. The van der Waals surface area contributed by atoms with E-state index in [1.165, 1.54) is 4.88 Å². The van der Waals surface area contributed by atoms with E-state index in [9.17, 15) is 4.79 Å². The quantitative estimate of drug-likeness (QED) is 0.768. The Labute approximate surface area is 117 Å². The first-order chi connectivity index (χ1) is 8.97. The van der Waals surface area contributed by atoms with Crippen molar-refractivity contribution in [2.24, 2.45) is 0 Å². The van der Waals surface area contributed by atoms with Gasteiger partial charge >= 0.3 is 0 Å². The van der Waals surface area contributed by atoms with Crippen molar-refractivity contribution >= 4 is 17.1 Å². The van der Waals surface area contributed by atoms with Crippen LogP contribution >= 0.6 is 11.3 Å². The second-order valence-electron chi connectivity index (χ2n) is 5.67. The molecule has 2 heterocycles. The molecule has 0 aromatic carbocycles. The van der Waals surface area contributed by atoms with Crippen molar-refractivity contribution in [1.29, 1.82) is 0 Å². The van der Waals surface area contributed by atoms with Crippen LogP contribution in [0.15, 0.2) is 28.9 Å². The van der Waals surface area contributed by atoms with Gasteiger partial charge in [-0.3, -0.25) is 4.79 Å². The zero-order valence-electron chi connectivity index (χ0n) is 11.6. The molecule has 2 aromatic heterocycles. The van der Waals surface area contributed by atoms with Crippen molar-refractivity contribution < 1.29 is 9.32 Å². The van der Waals surface area contributed by atoms with Crippen molar-refractivity contribution in [2.75, 3.05) is 0 Å². The second kappa shape index (κ2) is 5.70. The standard InChI is InChI=1S/C15H19NO2S/c1-15(2,3)14-8-7-13(19-14)12(17)6-4-5-11-9-10-16-18-11/h7-10H,4-6H2,1-3H3. The number of Topliss-reactive ketones (excluding diaryl/α,β-unsaturated/α-hetero) is 1. The molecule has 0 spiro atoms. The van der Waals surface area contributed by atoms with E-state index in [-0.39, 0.29) is 11.2 Å². The Balaban J connectivity index is 1.88. The number of carbonyl (C=O) groups excluding carboxylic acids is 1. The number of hydrogen-bond acceptors (Lipinski definition) is 4. The van der Waals surface area contributed by atoms with Crippen molar-refractivity contribution in [3.8, 4) is 0 Å². The van der Waals surface area contributed by atoms with E-state index in [2.05, 4.69) is 32.0 Å². The molecule has 3 nitrogen and oxygen atoms in total. The summed E-state index contributed by atoms with van der Waals surface area (Å²) >= 11 is 1.61. The van der Waals surface area contributed by atoms with Crippen LogP contribution in [0, 0.1) is 0 Å². The summed E-state index contributed by atoms with van der Waals surface area (Å²) in [5, 5.41) is 3.65. The highest BCUT2D eigenvalue weighted by Gasteiger charge is 2.18. The average molecular weight is 277 g/mol. The Hall–Kier alpha value is -1.42. The lowest BCUT2D eigenvalue weighted by Crippen LogP contribution is -2.07. The van der Waals surface area contributed by atoms with Crippen molar-refractivity contribution in [3.63, 3.8) is 0 Å². The van der Waals surface area contributed by atoms with E-state index in [0.29, 0.717) is 6.42 Å². The molecule has 0 bridgehead atoms. The van der Waals surface area contributed by atoms with Gasteiger partial charge in [0, 0.05) is 23.8 Å². The number of aryl methyl sites for hydroxylation is 1. The van der Waals surface area contributed by atoms with E-state index >= 15 is 0 Å². The van der Waals surface area contributed by atoms with Gasteiger partial charge in [-0.1, -0.05) is 25.9 Å². The topological polar surface area (TPSA) is 43.1 Å². The van der Waals surface area contributed by atoms with Crippen LogP contribution in [-0.2, 0) is 11.8 Å². The first-order valence-electron chi connectivity index (χ1n) is 6.50. The molecule has 4 heteroatoms. The predicted molar refractivity (Wildman–Crippen MR) is 76.8 cm³/mol. The van der Waals surface area contributed by atoms with Crippen LogP contribution < -0.4 is 0 Å². The van der Waals surface area contributed by atoms with Crippen molar-refractivity contribution in [1.82, 2.24) is 5.16 Å². The third-order valence-electron chi connectivity index (χ3n) is 2.94. The second-order valence-corrected chi connectivity index (χ2v) is 6.75. The molecule has 0 fully saturated rings. The first kappa shape index (κ1) is 14.0. The fourth-order valence-electron chi connectivity index (χ4n) is 1.81. The van der Waals surface area contributed by atoms with Crippen LogP contribution in [0.2, 0.25) is 0 Å². The summed E-state index contributed by atoms with van der Waals surface area (Å²) < 4.78 is 5.01. The number of carbonyl (C=O) groups is 1. The molecular weight excluding hydrogens is 258 g/mol. The Morgan fingerprint density at radius 2 is 2.11 bits per heavy atom. The number of ketones is 1. The molecule has 0 saturated heterocycles. The van der Waals surface area contributed by atoms with Gasteiger partial charge in [0.2, 0.25) is 0 Å². The summed E-state index contributed by atoms with van der Waals surface area (Å²) in [4.78, 5) is 14.2. The molecule has 0 N–H and O–H groups in total. The molecule has 0 aliphatic heterocycles. The van der Waals surface area contributed by atoms with Crippen LogP contribution in [0.4, 0.5) is 0 Å². The zero-order valence-corrected chi connectivity index (χ0v) is 12.4. The SMILES string of the molecule is CC(C)(C)c1ccc(C(=O)CCCc2ccno2)s1. The lowest BCUT2D eigenvalue weighted by molar-refractivity contribution is 0.0983. The maximum absolute atomic E-state index is 12.1. The molecule has 0 unspecified atom stereocenters. The summed E-state index contributed by atoms with van der Waals surface area (Å²) in [6, 6.07) is 5.85. The Bertz CT molecular complexity index is 535. The van der Waals surface area contributed by atoms with Gasteiger partial charge in [0.15, 0.2) is 5.78 Å². The lowest BCUT2D eigenvalue weighted by Gasteiger charge is -2.15. The summed E-state index contributed by atoms with van der Waals surface area (Å²) in [6.07, 6.45) is 3.76. The first-order valence-corrected chi connectivity index (χ1v) is 7.31. The minimum absolute atomic E-state index is 0.114. The van der Waals surface area contributed by atoms with Gasteiger partial charge in [0.25, 0.3) is 0 Å². The molecule has 0 aliphatic carbocycles. The minimum atomic E-state index is 0.114. The fourth-order valence-corrected chi connectivity index (χ4v) is 2.84. The van der Waals surface area contributed by atoms with Gasteiger partial charge in [-0.05, 0) is 24.0 Å². The molecule has 0 atom stereocenters. The van der Waals surface area contributed by atoms with E-state index < -0.39 is 0 Å². The van der Waals surface area contributed by atoms with Gasteiger partial charge in [0.05, 0.1) is 11.1 Å². The van der Waals surface area contributed by atoms with Gasteiger partial charge < -0.3 is 4.52 Å². The molecule has 0 amide bonds. The minimum Gasteiger partial charge on any atom is -0.361 e. The summed E-state index contributed by atoms with van der Waals surface area (Å²) in [7, 11) is 0. The van der Waals surface area contributed by atoms with E-state index in [1.54, 1.807) is 17.5 Å². The Morgan fingerprint density at radius 3 is 2.68 bits per heavy atom. The van der Waals surface area contributed by atoms with Crippen LogP contribution in [0.3, 0.4) is 0 Å². The summed E-state index contributed by atoms with van der Waals surface area (Å²) in [5.74, 6) is 1.06. The third-order valence-corrected chi connectivity index (χ3v) is 4.49.